The molecule has 3 unspecified atom stereocenters. The first-order chi connectivity index (χ1) is 20.2. The van der Waals surface area contributed by atoms with Gasteiger partial charge in [0.25, 0.3) is 0 Å². The first kappa shape index (κ1) is 27.8. The molecule has 4 saturated carbocycles. The van der Waals surface area contributed by atoms with Crippen molar-refractivity contribution < 1.29 is 23.2 Å². The molecule has 5 fully saturated rings. The molecule has 0 radical (unpaired) electrons. The van der Waals surface area contributed by atoms with Crippen molar-refractivity contribution in [3.05, 3.63) is 48.5 Å². The molecule has 1 amide bonds. The number of hydrogen-bond donors (Lipinski definition) is 2. The lowest BCUT2D eigenvalue weighted by molar-refractivity contribution is -0.0979. The van der Waals surface area contributed by atoms with E-state index in [2.05, 4.69) is 39.4 Å². The Morgan fingerprint density at radius 3 is 2.19 bits per heavy atom. The summed E-state index contributed by atoms with van der Waals surface area (Å²) in [5.74, 6) is 1.53. The van der Waals surface area contributed by atoms with Gasteiger partial charge in [0.15, 0.2) is 0 Å². The second kappa shape index (κ2) is 10.6. The van der Waals surface area contributed by atoms with E-state index in [1.807, 2.05) is 24.3 Å². The average Bonchev–Trinajstić information content (AvgIpc) is 2.99. The number of aliphatic hydroxyl groups excluding tert-OH is 1. The maximum Gasteiger partial charge on any atom is 0.431 e. The van der Waals surface area contributed by atoms with Gasteiger partial charge in [0.05, 0.1) is 24.2 Å². The minimum Gasteiger partial charge on any atom is -0.396 e. The van der Waals surface area contributed by atoms with E-state index in [1.165, 1.54) is 10.6 Å². The summed E-state index contributed by atoms with van der Waals surface area (Å²) >= 11 is 0. The van der Waals surface area contributed by atoms with Crippen LogP contribution < -0.4 is 20.2 Å². The van der Waals surface area contributed by atoms with E-state index < -0.39 is 16.1 Å². The van der Waals surface area contributed by atoms with Gasteiger partial charge in [-0.05, 0) is 91.7 Å². The standard InChI is InChI=1S/C31H41N5O5S/c1-42(39,40)34-12-10-33(11-13-34)25-6-8-26(9-7-25)35-14-15-36(28-5-3-2-4-27(28)35)41-30(38)32-29-23-16-22-17-24(29)20-31(18-22,19-23)21-37/h2-9,22-24,29,37H,10-21H2,1H3,(H,32,38)/t22?,23-,24+,29?,31?. The van der Waals surface area contributed by atoms with Crippen LogP contribution in [0.5, 0.6) is 0 Å². The SMILES string of the molecule is CS(=O)(=O)N1CCN(c2ccc(N3CCN(OC(=O)NC4[C@@H]5CC6C[C@H]4CC(CO)(C6)C5)c4ccccc43)cc2)CC1. The Hall–Kier alpha value is -3.02. The van der Waals surface area contributed by atoms with Crippen LogP contribution in [0.4, 0.5) is 27.5 Å². The van der Waals surface area contributed by atoms with Gasteiger partial charge >= 0.3 is 6.09 Å². The third-order valence-electron chi connectivity index (χ3n) is 10.4. The number of para-hydroxylation sites is 2. The number of nitrogens with one attached hydrogen (secondary N) is 1. The van der Waals surface area contributed by atoms with Gasteiger partial charge in [0.1, 0.15) is 0 Å². The summed E-state index contributed by atoms with van der Waals surface area (Å²) in [5.41, 5.74) is 4.03. The van der Waals surface area contributed by atoms with Crippen molar-refractivity contribution >= 4 is 38.9 Å². The van der Waals surface area contributed by atoms with Gasteiger partial charge in [-0.15, -0.1) is 0 Å². The molecule has 2 heterocycles. The molecular formula is C31H41N5O5S. The highest BCUT2D eigenvalue weighted by Gasteiger charge is 2.55. The molecule has 1 saturated heterocycles. The summed E-state index contributed by atoms with van der Waals surface area (Å²) in [6.07, 6.45) is 6.29. The number of anilines is 4. The van der Waals surface area contributed by atoms with Gasteiger partial charge in [-0.3, -0.25) is 0 Å². The predicted molar refractivity (Wildman–Crippen MR) is 162 cm³/mol. The van der Waals surface area contributed by atoms with Gasteiger partial charge in [-0.2, -0.15) is 4.31 Å². The van der Waals surface area contributed by atoms with Crippen molar-refractivity contribution in [3.63, 3.8) is 0 Å². The van der Waals surface area contributed by atoms with E-state index in [0.29, 0.717) is 57.0 Å². The van der Waals surface area contributed by atoms with E-state index in [1.54, 1.807) is 5.06 Å². The van der Waals surface area contributed by atoms with E-state index in [9.17, 15) is 18.3 Å². The fourth-order valence-corrected chi connectivity index (χ4v) is 9.53. The Kier molecular flexibility index (Phi) is 7.02. The zero-order chi connectivity index (χ0) is 29.1. The normalized spacial score (nSPS) is 30.8. The Bertz CT molecular complexity index is 1410. The first-order valence-electron chi connectivity index (χ1n) is 15.2. The smallest absolute Gasteiger partial charge is 0.396 e. The number of carbonyl (C=O) groups excluding carboxylic acids is 1. The fourth-order valence-electron chi connectivity index (χ4n) is 8.70. The number of aliphatic hydroxyl groups is 1. The van der Waals surface area contributed by atoms with Gasteiger partial charge in [0.2, 0.25) is 10.0 Å². The number of carbonyl (C=O) groups is 1. The number of sulfonamides is 1. The van der Waals surface area contributed by atoms with E-state index in [4.69, 9.17) is 4.84 Å². The topological polar surface area (TPSA) is 106 Å². The Balaban J connectivity index is 1.00. The maximum atomic E-state index is 13.2. The van der Waals surface area contributed by atoms with Crippen LogP contribution in [-0.2, 0) is 14.9 Å². The van der Waals surface area contributed by atoms with Crippen molar-refractivity contribution in [1.82, 2.24) is 9.62 Å². The van der Waals surface area contributed by atoms with Crippen LogP contribution >= 0.6 is 0 Å². The third-order valence-corrected chi connectivity index (χ3v) is 11.7. The molecule has 4 bridgehead atoms. The van der Waals surface area contributed by atoms with E-state index in [0.717, 1.165) is 54.9 Å². The van der Waals surface area contributed by atoms with E-state index in [-0.39, 0.29) is 18.1 Å². The number of hydrogen-bond acceptors (Lipinski definition) is 8. The molecule has 2 aliphatic heterocycles. The number of amides is 1. The molecule has 4 aliphatic carbocycles. The number of piperazine rings is 1. The molecule has 0 aromatic heterocycles. The minimum atomic E-state index is -3.16. The fraction of sp³-hybridized carbons (Fsp3) is 0.581. The van der Waals surface area contributed by atoms with Crippen LogP contribution in [0.3, 0.4) is 0 Å². The molecular weight excluding hydrogens is 554 g/mol. The molecule has 8 rings (SSSR count). The molecule has 2 aromatic carbocycles. The minimum absolute atomic E-state index is 0.0687. The van der Waals surface area contributed by atoms with Crippen LogP contribution in [0.15, 0.2) is 48.5 Å². The Morgan fingerprint density at radius 1 is 0.905 bits per heavy atom. The van der Waals surface area contributed by atoms with E-state index >= 15 is 0 Å². The van der Waals surface area contributed by atoms with Crippen molar-refractivity contribution in [2.45, 2.75) is 38.1 Å². The monoisotopic (exact) mass is 595 g/mol. The molecule has 10 nitrogen and oxygen atoms in total. The molecule has 2 N–H and O–H groups in total. The highest BCUT2D eigenvalue weighted by Crippen LogP contribution is 2.59. The molecule has 6 aliphatic rings. The van der Waals surface area contributed by atoms with Crippen LogP contribution in [0.25, 0.3) is 0 Å². The molecule has 2 aromatic rings. The quantitative estimate of drug-likeness (QED) is 0.523. The van der Waals surface area contributed by atoms with Gasteiger partial charge in [-0.1, -0.05) is 12.1 Å². The second-order valence-electron chi connectivity index (χ2n) is 13.1. The zero-order valence-corrected chi connectivity index (χ0v) is 25.0. The van der Waals surface area contributed by atoms with Crippen molar-refractivity contribution in [1.29, 1.82) is 0 Å². The zero-order valence-electron chi connectivity index (χ0n) is 24.2. The van der Waals surface area contributed by atoms with Crippen LogP contribution in [0.2, 0.25) is 0 Å². The number of benzene rings is 2. The molecule has 11 heteroatoms. The molecule has 5 atom stereocenters. The number of nitrogens with zero attached hydrogens (tertiary/aromatic N) is 4. The number of rotatable bonds is 6. The van der Waals surface area contributed by atoms with Crippen molar-refractivity contribution in [2.75, 3.05) is 67.0 Å². The number of hydroxylamine groups is 1. The predicted octanol–water partition coefficient (Wildman–Crippen LogP) is 3.55. The molecule has 0 spiro atoms. The van der Waals surface area contributed by atoms with Crippen molar-refractivity contribution in [2.24, 2.45) is 23.2 Å². The van der Waals surface area contributed by atoms with Gasteiger partial charge < -0.3 is 25.1 Å². The largest absolute Gasteiger partial charge is 0.431 e. The molecule has 42 heavy (non-hydrogen) atoms. The van der Waals surface area contributed by atoms with Crippen LogP contribution in [-0.4, -0.2) is 82.1 Å². The summed E-state index contributed by atoms with van der Waals surface area (Å²) in [7, 11) is -3.16. The van der Waals surface area contributed by atoms with Crippen molar-refractivity contribution in [3.8, 4) is 0 Å². The lowest BCUT2D eigenvalue weighted by Crippen LogP contribution is -2.60. The maximum absolute atomic E-state index is 13.2. The molecule has 226 valence electrons. The number of fused-ring (bicyclic) bond motifs is 1. The second-order valence-corrected chi connectivity index (χ2v) is 15.1. The van der Waals surface area contributed by atoms with Gasteiger partial charge in [-0.25, -0.2) is 18.3 Å². The van der Waals surface area contributed by atoms with Gasteiger partial charge in [0, 0.05) is 56.7 Å². The summed E-state index contributed by atoms with van der Waals surface area (Å²) in [6.45, 7) is 3.78. The first-order valence-corrected chi connectivity index (χ1v) is 17.1. The van der Waals surface area contributed by atoms with Crippen LogP contribution in [0.1, 0.15) is 32.1 Å². The highest BCUT2D eigenvalue weighted by molar-refractivity contribution is 7.88. The summed E-state index contributed by atoms with van der Waals surface area (Å²) < 4.78 is 25.2. The summed E-state index contributed by atoms with van der Waals surface area (Å²) in [6, 6.07) is 16.5. The highest BCUT2D eigenvalue weighted by atomic mass is 32.2. The summed E-state index contributed by atoms with van der Waals surface area (Å²) in [4.78, 5) is 23.6. The third kappa shape index (κ3) is 5.09. The lowest BCUT2D eigenvalue weighted by atomic mass is 9.48. The Labute approximate surface area is 248 Å². The van der Waals surface area contributed by atoms with Crippen LogP contribution in [0, 0.1) is 23.2 Å². The Morgan fingerprint density at radius 2 is 1.55 bits per heavy atom. The average molecular weight is 596 g/mol. The summed E-state index contributed by atoms with van der Waals surface area (Å²) in [5, 5.41) is 15.0. The lowest BCUT2D eigenvalue weighted by Gasteiger charge is -2.59.